The van der Waals surface area contributed by atoms with E-state index >= 15 is 0 Å². The van der Waals surface area contributed by atoms with Crippen molar-refractivity contribution in [2.24, 2.45) is 0 Å². The zero-order valence-corrected chi connectivity index (χ0v) is 9.46. The number of nitrogen functional groups attached to an aromatic ring is 1. The maximum atomic E-state index is 5.66. The van der Waals surface area contributed by atoms with Crippen LogP contribution in [0.3, 0.4) is 0 Å². The molecule has 0 aliphatic heterocycles. The van der Waals surface area contributed by atoms with Crippen molar-refractivity contribution in [1.29, 1.82) is 0 Å². The lowest BCUT2D eigenvalue weighted by atomic mass is 10.3. The summed E-state index contributed by atoms with van der Waals surface area (Å²) in [5.74, 6) is 1.12. The predicted molar refractivity (Wildman–Crippen MR) is 62.6 cm³/mol. The fourth-order valence-electron chi connectivity index (χ4n) is 1.51. The summed E-state index contributed by atoms with van der Waals surface area (Å²) in [7, 11) is 0. The minimum Gasteiger partial charge on any atom is -0.368 e. The van der Waals surface area contributed by atoms with Crippen molar-refractivity contribution < 1.29 is 0 Å². The van der Waals surface area contributed by atoms with Crippen molar-refractivity contribution >= 4 is 11.9 Å². The standard InChI is InChI=1S/C10H13N7/c1-10(3-4-10)16-8-13-7(11)14-9(15-8)17-6-2-5-12-17/h2,5-6H,3-4H2,1H3,(H3,11,13,14,15,16). The molecule has 2 aromatic rings. The third kappa shape index (κ3) is 2.03. The number of anilines is 2. The lowest BCUT2D eigenvalue weighted by Gasteiger charge is -2.11. The molecule has 7 nitrogen and oxygen atoms in total. The highest BCUT2D eigenvalue weighted by molar-refractivity contribution is 5.38. The number of nitrogens with zero attached hydrogens (tertiary/aromatic N) is 5. The van der Waals surface area contributed by atoms with Crippen molar-refractivity contribution in [2.75, 3.05) is 11.1 Å². The second-order valence-corrected chi connectivity index (χ2v) is 4.45. The molecule has 2 heterocycles. The Morgan fingerprint density at radius 3 is 2.82 bits per heavy atom. The van der Waals surface area contributed by atoms with E-state index in [1.807, 2.05) is 0 Å². The van der Waals surface area contributed by atoms with Gasteiger partial charge in [0.15, 0.2) is 0 Å². The summed E-state index contributed by atoms with van der Waals surface area (Å²) < 4.78 is 1.55. The molecule has 88 valence electrons. The van der Waals surface area contributed by atoms with E-state index in [0.29, 0.717) is 11.9 Å². The van der Waals surface area contributed by atoms with Crippen LogP contribution in [0.5, 0.6) is 0 Å². The van der Waals surface area contributed by atoms with Crippen LogP contribution in [-0.2, 0) is 0 Å². The molecule has 0 bridgehead atoms. The first-order valence-corrected chi connectivity index (χ1v) is 5.44. The molecule has 0 unspecified atom stereocenters. The maximum absolute atomic E-state index is 5.66. The first kappa shape index (κ1) is 10.0. The Bertz CT molecular complexity index is 530. The van der Waals surface area contributed by atoms with Crippen molar-refractivity contribution in [3.63, 3.8) is 0 Å². The molecule has 1 aliphatic rings. The number of hydrogen-bond acceptors (Lipinski definition) is 6. The van der Waals surface area contributed by atoms with Gasteiger partial charge in [0.1, 0.15) is 0 Å². The molecule has 1 fully saturated rings. The summed E-state index contributed by atoms with van der Waals surface area (Å²) in [5, 5.41) is 7.31. The minimum atomic E-state index is 0.106. The average Bonchev–Trinajstić information content (AvgIpc) is 2.83. The highest BCUT2D eigenvalue weighted by atomic mass is 15.4. The highest BCUT2D eigenvalue weighted by Gasteiger charge is 2.38. The van der Waals surface area contributed by atoms with E-state index in [1.54, 1.807) is 23.1 Å². The van der Waals surface area contributed by atoms with E-state index in [0.717, 1.165) is 12.8 Å². The van der Waals surface area contributed by atoms with Gasteiger partial charge in [-0.2, -0.15) is 20.1 Å². The molecule has 0 amide bonds. The van der Waals surface area contributed by atoms with Crippen LogP contribution in [0.2, 0.25) is 0 Å². The molecule has 0 saturated heterocycles. The van der Waals surface area contributed by atoms with Crippen molar-refractivity contribution in [1.82, 2.24) is 24.7 Å². The lowest BCUT2D eigenvalue weighted by molar-refractivity contribution is 0.773. The second kappa shape index (κ2) is 3.41. The summed E-state index contributed by atoms with van der Waals surface area (Å²) in [5.41, 5.74) is 5.77. The summed E-state index contributed by atoms with van der Waals surface area (Å²) in [4.78, 5) is 12.4. The zero-order chi connectivity index (χ0) is 11.9. The number of aromatic nitrogens is 5. The van der Waals surface area contributed by atoms with Crippen LogP contribution < -0.4 is 11.1 Å². The molecule has 2 aromatic heterocycles. The molecular formula is C10H13N7. The maximum Gasteiger partial charge on any atom is 0.257 e. The molecule has 1 saturated carbocycles. The van der Waals surface area contributed by atoms with Crippen LogP contribution in [0.15, 0.2) is 18.5 Å². The number of nitrogens with one attached hydrogen (secondary N) is 1. The third-order valence-electron chi connectivity index (χ3n) is 2.76. The van der Waals surface area contributed by atoms with Gasteiger partial charge >= 0.3 is 0 Å². The van der Waals surface area contributed by atoms with E-state index in [9.17, 15) is 0 Å². The summed E-state index contributed by atoms with van der Waals surface area (Å²) >= 11 is 0. The fraction of sp³-hybridized carbons (Fsp3) is 0.400. The van der Waals surface area contributed by atoms with Gasteiger partial charge in [-0.3, -0.25) is 0 Å². The van der Waals surface area contributed by atoms with E-state index < -0.39 is 0 Å². The first-order valence-electron chi connectivity index (χ1n) is 5.44. The van der Waals surface area contributed by atoms with Gasteiger partial charge in [0.2, 0.25) is 11.9 Å². The van der Waals surface area contributed by atoms with Crippen molar-refractivity contribution in [3.8, 4) is 5.95 Å². The molecule has 1 aliphatic carbocycles. The first-order chi connectivity index (χ1) is 8.15. The molecule has 17 heavy (non-hydrogen) atoms. The van der Waals surface area contributed by atoms with Gasteiger partial charge in [0.25, 0.3) is 5.95 Å². The minimum absolute atomic E-state index is 0.106. The second-order valence-electron chi connectivity index (χ2n) is 4.45. The van der Waals surface area contributed by atoms with Gasteiger partial charge in [-0.05, 0) is 25.8 Å². The predicted octanol–water partition coefficient (Wildman–Crippen LogP) is 0.604. The fourth-order valence-corrected chi connectivity index (χ4v) is 1.51. The molecule has 3 N–H and O–H groups in total. The van der Waals surface area contributed by atoms with E-state index in [1.165, 1.54) is 0 Å². The number of nitrogens with two attached hydrogens (primary N) is 1. The highest BCUT2D eigenvalue weighted by Crippen LogP contribution is 2.37. The molecule has 0 spiro atoms. The Labute approximate surface area is 98.1 Å². The van der Waals surface area contributed by atoms with Crippen LogP contribution in [0.1, 0.15) is 19.8 Å². The van der Waals surface area contributed by atoms with Crippen LogP contribution >= 0.6 is 0 Å². The molecule has 0 radical (unpaired) electrons. The Hall–Kier alpha value is -2.18. The largest absolute Gasteiger partial charge is 0.368 e. The average molecular weight is 231 g/mol. The van der Waals surface area contributed by atoms with Crippen LogP contribution in [0.25, 0.3) is 5.95 Å². The summed E-state index contributed by atoms with van der Waals surface area (Å²) in [6, 6.07) is 1.80. The van der Waals surface area contributed by atoms with Crippen molar-refractivity contribution in [3.05, 3.63) is 18.5 Å². The topological polar surface area (TPSA) is 94.5 Å². The zero-order valence-electron chi connectivity index (χ0n) is 9.46. The van der Waals surface area contributed by atoms with Gasteiger partial charge in [0, 0.05) is 17.9 Å². The van der Waals surface area contributed by atoms with Gasteiger partial charge in [-0.15, -0.1) is 0 Å². The van der Waals surface area contributed by atoms with E-state index in [-0.39, 0.29) is 11.5 Å². The van der Waals surface area contributed by atoms with Crippen molar-refractivity contribution in [2.45, 2.75) is 25.3 Å². The normalized spacial score (nSPS) is 16.8. The monoisotopic (exact) mass is 231 g/mol. The van der Waals surface area contributed by atoms with Gasteiger partial charge in [0.05, 0.1) is 0 Å². The van der Waals surface area contributed by atoms with E-state index in [2.05, 4.69) is 32.3 Å². The Morgan fingerprint density at radius 1 is 1.35 bits per heavy atom. The molecular weight excluding hydrogens is 218 g/mol. The third-order valence-corrected chi connectivity index (χ3v) is 2.76. The Morgan fingerprint density at radius 2 is 2.18 bits per heavy atom. The van der Waals surface area contributed by atoms with Crippen LogP contribution in [0, 0.1) is 0 Å². The SMILES string of the molecule is CC1(Nc2nc(N)nc(-n3cccn3)n2)CC1. The number of hydrogen-bond donors (Lipinski definition) is 2. The molecule has 0 aromatic carbocycles. The van der Waals surface area contributed by atoms with E-state index in [4.69, 9.17) is 5.73 Å². The quantitative estimate of drug-likeness (QED) is 0.803. The smallest absolute Gasteiger partial charge is 0.257 e. The van der Waals surface area contributed by atoms with Gasteiger partial charge < -0.3 is 11.1 Å². The molecule has 3 rings (SSSR count). The Kier molecular flexibility index (Phi) is 2.01. The lowest BCUT2D eigenvalue weighted by Crippen LogP contribution is -2.20. The molecule has 0 atom stereocenters. The number of rotatable bonds is 3. The summed E-state index contributed by atoms with van der Waals surface area (Å²) in [6.45, 7) is 2.13. The van der Waals surface area contributed by atoms with Crippen LogP contribution in [0.4, 0.5) is 11.9 Å². The van der Waals surface area contributed by atoms with Gasteiger partial charge in [-0.1, -0.05) is 0 Å². The van der Waals surface area contributed by atoms with Crippen LogP contribution in [-0.4, -0.2) is 30.3 Å². The summed E-state index contributed by atoms with van der Waals surface area (Å²) in [6.07, 6.45) is 5.66. The Balaban J connectivity index is 1.95. The molecule has 7 heteroatoms. The van der Waals surface area contributed by atoms with Gasteiger partial charge in [-0.25, -0.2) is 4.68 Å².